The van der Waals surface area contributed by atoms with Gasteiger partial charge in [-0.3, -0.25) is 9.59 Å². The number of nitrogens with zero attached hydrogens (tertiary/aromatic N) is 2. The number of carbonyl (C=O) groups excluding carboxylic acids is 2. The highest BCUT2D eigenvalue weighted by molar-refractivity contribution is 6.35. The first-order valence-corrected chi connectivity index (χ1v) is 8.75. The van der Waals surface area contributed by atoms with E-state index in [4.69, 9.17) is 27.9 Å². The Morgan fingerprint density at radius 1 is 1.35 bits per heavy atom. The van der Waals surface area contributed by atoms with Crippen LogP contribution in [0.1, 0.15) is 11.3 Å². The van der Waals surface area contributed by atoms with Crippen LogP contribution in [0.5, 0.6) is 5.75 Å². The fraction of sp³-hybridized carbons (Fsp3) is 0.278. The number of pyridine rings is 1. The third-order valence-corrected chi connectivity index (χ3v) is 4.74. The molecule has 1 N–H and O–H groups in total. The van der Waals surface area contributed by atoms with Gasteiger partial charge in [0.2, 0.25) is 5.91 Å². The molecule has 26 heavy (non-hydrogen) atoms. The zero-order chi connectivity index (χ0) is 18.8. The molecule has 0 radical (unpaired) electrons. The van der Waals surface area contributed by atoms with Gasteiger partial charge in [0.15, 0.2) is 6.10 Å². The predicted octanol–water partition coefficient (Wildman–Crippen LogP) is 2.78. The minimum Gasteiger partial charge on any atom is -0.477 e. The van der Waals surface area contributed by atoms with Crippen LogP contribution < -0.4 is 15.0 Å². The molecule has 2 aromatic rings. The number of rotatable bonds is 3. The number of nitrogens with one attached hydrogen (secondary N) is 1. The Morgan fingerprint density at radius 2 is 2.08 bits per heavy atom. The average molecular weight is 394 g/mol. The number of benzene rings is 1. The molecule has 1 aromatic carbocycles. The quantitative estimate of drug-likeness (QED) is 0.813. The van der Waals surface area contributed by atoms with E-state index in [0.29, 0.717) is 27.7 Å². The van der Waals surface area contributed by atoms with Crippen molar-refractivity contribution in [3.05, 3.63) is 51.8 Å². The molecule has 1 aromatic heterocycles. The first kappa shape index (κ1) is 18.5. The summed E-state index contributed by atoms with van der Waals surface area (Å²) in [5, 5.41) is 3.14. The number of likely N-dealkylation sites (N-methyl/N-ethyl adjacent to an activating group) is 1. The van der Waals surface area contributed by atoms with Crippen LogP contribution in [-0.2, 0) is 16.0 Å². The van der Waals surface area contributed by atoms with Gasteiger partial charge in [0.25, 0.3) is 5.91 Å². The number of aromatic nitrogens is 1. The molecule has 0 saturated heterocycles. The average Bonchev–Trinajstić information content (AvgIpc) is 2.62. The lowest BCUT2D eigenvalue weighted by Gasteiger charge is -2.34. The minimum absolute atomic E-state index is 0.0280. The molecule has 0 bridgehead atoms. The lowest BCUT2D eigenvalue weighted by molar-refractivity contribution is -0.127. The fourth-order valence-corrected chi connectivity index (χ4v) is 3.46. The van der Waals surface area contributed by atoms with Crippen LogP contribution in [0.4, 0.5) is 5.69 Å². The summed E-state index contributed by atoms with van der Waals surface area (Å²) < 4.78 is 5.71. The van der Waals surface area contributed by atoms with Crippen molar-refractivity contribution in [1.82, 2.24) is 10.3 Å². The third-order valence-electron chi connectivity index (χ3n) is 4.09. The summed E-state index contributed by atoms with van der Waals surface area (Å²) in [5.74, 6) is -0.0746. The van der Waals surface area contributed by atoms with E-state index in [0.717, 1.165) is 0 Å². The molecular weight excluding hydrogens is 377 g/mol. The zero-order valence-electron chi connectivity index (χ0n) is 14.3. The molecule has 8 heteroatoms. The van der Waals surface area contributed by atoms with Gasteiger partial charge in [-0.1, -0.05) is 35.3 Å². The van der Waals surface area contributed by atoms with Gasteiger partial charge in [-0.05, 0) is 25.1 Å². The second-order valence-electron chi connectivity index (χ2n) is 5.88. The van der Waals surface area contributed by atoms with Crippen LogP contribution in [0.2, 0.25) is 10.2 Å². The number of hydrogen-bond donors (Lipinski definition) is 1. The molecule has 0 saturated carbocycles. The maximum Gasteiger partial charge on any atom is 0.262 e. The van der Waals surface area contributed by atoms with Gasteiger partial charge in [0.05, 0.1) is 18.7 Å². The van der Waals surface area contributed by atoms with E-state index in [9.17, 15) is 9.59 Å². The molecule has 2 amide bonds. The first-order valence-electron chi connectivity index (χ1n) is 8.00. The number of hydrogen-bond acceptors (Lipinski definition) is 4. The molecule has 136 valence electrons. The van der Waals surface area contributed by atoms with Gasteiger partial charge in [-0.2, -0.15) is 0 Å². The number of aryl methyl sites for hydroxylation is 1. The number of carbonyl (C=O) groups is 2. The van der Waals surface area contributed by atoms with Crippen LogP contribution >= 0.6 is 23.2 Å². The Bertz CT molecular complexity index is 850. The maximum absolute atomic E-state index is 13.0. The van der Waals surface area contributed by atoms with E-state index in [2.05, 4.69) is 10.3 Å². The van der Waals surface area contributed by atoms with Crippen LogP contribution in [0.15, 0.2) is 30.3 Å². The summed E-state index contributed by atoms with van der Waals surface area (Å²) >= 11 is 12.4. The van der Waals surface area contributed by atoms with Crippen molar-refractivity contribution in [2.24, 2.45) is 0 Å². The Labute approximate surface area is 161 Å². The van der Waals surface area contributed by atoms with E-state index in [1.165, 1.54) is 11.9 Å². The molecule has 2 heterocycles. The van der Waals surface area contributed by atoms with Crippen LogP contribution in [-0.4, -0.2) is 36.5 Å². The topological polar surface area (TPSA) is 71.5 Å². The first-order chi connectivity index (χ1) is 12.4. The second kappa shape index (κ2) is 7.51. The highest BCUT2D eigenvalue weighted by atomic mass is 35.5. The monoisotopic (exact) mass is 393 g/mol. The molecule has 0 aliphatic carbocycles. The number of amides is 2. The van der Waals surface area contributed by atoms with E-state index < -0.39 is 6.10 Å². The molecule has 1 aliphatic rings. The van der Waals surface area contributed by atoms with E-state index in [1.54, 1.807) is 37.3 Å². The van der Waals surface area contributed by atoms with E-state index in [1.807, 2.05) is 0 Å². The predicted molar refractivity (Wildman–Crippen MR) is 100.0 cm³/mol. The third kappa shape index (κ3) is 3.61. The Kier molecular flexibility index (Phi) is 5.34. The smallest absolute Gasteiger partial charge is 0.262 e. The summed E-state index contributed by atoms with van der Waals surface area (Å²) in [6.45, 7) is 1.87. The fourth-order valence-electron chi connectivity index (χ4n) is 2.80. The van der Waals surface area contributed by atoms with Crippen molar-refractivity contribution in [2.75, 3.05) is 18.5 Å². The van der Waals surface area contributed by atoms with Crippen molar-refractivity contribution in [3.8, 4) is 5.75 Å². The summed E-state index contributed by atoms with van der Waals surface area (Å²) in [7, 11) is 1.52. The SMILES string of the molecule is CNC(=O)C1CN(C(=O)Cc2c(Cl)cc(C)nc2Cl)c2ccccc2O1. The maximum atomic E-state index is 13.0. The number of halogens is 2. The molecule has 0 fully saturated rings. The summed E-state index contributed by atoms with van der Waals surface area (Å²) in [6, 6.07) is 8.74. The van der Waals surface area contributed by atoms with Gasteiger partial charge in [-0.15, -0.1) is 0 Å². The second-order valence-corrected chi connectivity index (χ2v) is 6.65. The van der Waals surface area contributed by atoms with Crippen LogP contribution in [0, 0.1) is 6.92 Å². The van der Waals surface area contributed by atoms with E-state index in [-0.39, 0.29) is 29.9 Å². The highest BCUT2D eigenvalue weighted by Gasteiger charge is 2.33. The van der Waals surface area contributed by atoms with Crippen molar-refractivity contribution in [2.45, 2.75) is 19.4 Å². The largest absolute Gasteiger partial charge is 0.477 e. The van der Waals surface area contributed by atoms with Crippen LogP contribution in [0.3, 0.4) is 0 Å². The summed E-state index contributed by atoms with van der Waals surface area (Å²) in [5.41, 5.74) is 1.74. The van der Waals surface area contributed by atoms with Gasteiger partial charge in [0, 0.05) is 23.3 Å². The molecular formula is C18H17Cl2N3O3. The number of ether oxygens (including phenoxy) is 1. The molecule has 6 nitrogen and oxygen atoms in total. The van der Waals surface area contributed by atoms with Crippen molar-refractivity contribution in [1.29, 1.82) is 0 Å². The summed E-state index contributed by atoms with van der Waals surface area (Å²) in [6.07, 6.45) is -0.819. The highest BCUT2D eigenvalue weighted by Crippen LogP contribution is 2.34. The number of fused-ring (bicyclic) bond motifs is 1. The summed E-state index contributed by atoms with van der Waals surface area (Å²) in [4.78, 5) is 30.7. The Morgan fingerprint density at radius 3 is 2.77 bits per heavy atom. The number of para-hydroxylation sites is 2. The normalized spacial score (nSPS) is 15.8. The van der Waals surface area contributed by atoms with Gasteiger partial charge in [0.1, 0.15) is 10.9 Å². The molecule has 1 unspecified atom stereocenters. The Hall–Kier alpha value is -2.31. The zero-order valence-corrected chi connectivity index (χ0v) is 15.8. The van der Waals surface area contributed by atoms with Crippen molar-refractivity contribution >= 4 is 40.7 Å². The van der Waals surface area contributed by atoms with Crippen molar-refractivity contribution < 1.29 is 14.3 Å². The lowest BCUT2D eigenvalue weighted by atomic mass is 10.1. The van der Waals surface area contributed by atoms with Crippen LogP contribution in [0.25, 0.3) is 0 Å². The lowest BCUT2D eigenvalue weighted by Crippen LogP contribution is -2.50. The molecule has 1 atom stereocenters. The van der Waals surface area contributed by atoms with Gasteiger partial charge >= 0.3 is 0 Å². The van der Waals surface area contributed by atoms with Gasteiger partial charge < -0.3 is 15.0 Å². The van der Waals surface area contributed by atoms with Crippen molar-refractivity contribution in [3.63, 3.8) is 0 Å². The standard InChI is InChI=1S/C18H17Cl2N3O3/c1-10-7-12(19)11(17(20)22-10)8-16(24)23-9-15(18(25)21-2)26-14-6-4-3-5-13(14)23/h3-7,15H,8-9H2,1-2H3,(H,21,25). The van der Waals surface area contributed by atoms with Gasteiger partial charge in [-0.25, -0.2) is 4.98 Å². The van der Waals surface area contributed by atoms with E-state index >= 15 is 0 Å². The Balaban J connectivity index is 1.92. The molecule has 0 spiro atoms. The number of anilines is 1. The minimum atomic E-state index is -0.791. The molecule has 3 rings (SSSR count). The molecule has 1 aliphatic heterocycles.